The first-order valence-corrected chi connectivity index (χ1v) is 7.03. The Morgan fingerprint density at radius 1 is 1.29 bits per heavy atom. The molecule has 3 N–H and O–H groups in total. The molecule has 0 aromatic rings. The average Bonchev–Trinajstić information content (AvgIpc) is 1.95. The summed E-state index contributed by atoms with van der Waals surface area (Å²) in [6.07, 6.45) is 0.855. The van der Waals surface area contributed by atoms with Crippen molar-refractivity contribution in [3.63, 3.8) is 0 Å². The summed E-state index contributed by atoms with van der Waals surface area (Å²) in [6.45, 7) is 3.13. The molecule has 100 valence electrons. The predicted octanol–water partition coefficient (Wildman–Crippen LogP) is -0.416. The van der Waals surface area contributed by atoms with Crippen molar-refractivity contribution in [2.24, 2.45) is 0 Å². The first-order valence-electron chi connectivity index (χ1n) is 4.97. The third-order valence-corrected chi connectivity index (χ3v) is 2.75. The lowest BCUT2D eigenvalue weighted by Gasteiger charge is -2.24. The van der Waals surface area contributed by atoms with Crippen molar-refractivity contribution in [1.29, 1.82) is 0 Å². The number of urea groups is 1. The van der Waals surface area contributed by atoms with Crippen LogP contribution in [0.15, 0.2) is 0 Å². The van der Waals surface area contributed by atoms with Crippen LogP contribution in [0, 0.1) is 0 Å². The topological polar surface area (TPSA) is 113 Å². The average molecular weight is 266 g/mol. The lowest BCUT2D eigenvalue weighted by atomic mass is 10.0. The summed E-state index contributed by atoms with van der Waals surface area (Å²) < 4.78 is 21.6. The first-order chi connectivity index (χ1) is 7.52. The van der Waals surface area contributed by atoms with E-state index in [9.17, 15) is 18.0 Å². The van der Waals surface area contributed by atoms with Crippen LogP contribution in [0.1, 0.15) is 20.3 Å². The number of carboxylic acid groups (broad SMARTS) is 1. The second-order valence-corrected chi connectivity index (χ2v) is 6.72. The summed E-state index contributed by atoms with van der Waals surface area (Å²) in [6, 6.07) is -0.583. The number of hydrogen-bond donors (Lipinski definition) is 3. The van der Waals surface area contributed by atoms with Crippen LogP contribution >= 0.6 is 0 Å². The minimum absolute atomic E-state index is 0.00613. The zero-order valence-electron chi connectivity index (χ0n) is 10.1. The van der Waals surface area contributed by atoms with Gasteiger partial charge in [-0.25, -0.2) is 13.2 Å². The highest BCUT2D eigenvalue weighted by molar-refractivity contribution is 7.90. The van der Waals surface area contributed by atoms with E-state index in [0.29, 0.717) is 0 Å². The van der Waals surface area contributed by atoms with E-state index in [1.54, 1.807) is 13.8 Å². The molecule has 0 rings (SSSR count). The molecule has 0 unspecified atom stereocenters. The van der Waals surface area contributed by atoms with Crippen molar-refractivity contribution < 1.29 is 23.1 Å². The molecule has 0 bridgehead atoms. The normalized spacial score (nSPS) is 11.9. The maximum absolute atomic E-state index is 11.3. The molecule has 7 nitrogen and oxygen atoms in total. The lowest BCUT2D eigenvalue weighted by molar-refractivity contribution is -0.138. The number of carbonyl (C=O) groups is 2. The van der Waals surface area contributed by atoms with Gasteiger partial charge in [-0.05, 0) is 13.8 Å². The van der Waals surface area contributed by atoms with Crippen molar-refractivity contribution in [1.82, 2.24) is 10.6 Å². The van der Waals surface area contributed by atoms with Gasteiger partial charge in [0.25, 0.3) is 0 Å². The smallest absolute Gasteiger partial charge is 0.315 e. The number of aliphatic carboxylic acids is 1. The molecule has 0 aliphatic heterocycles. The number of nitrogens with one attached hydrogen (secondary N) is 2. The van der Waals surface area contributed by atoms with E-state index in [1.165, 1.54) is 0 Å². The van der Waals surface area contributed by atoms with Gasteiger partial charge >= 0.3 is 12.0 Å². The fourth-order valence-electron chi connectivity index (χ4n) is 1.12. The largest absolute Gasteiger partial charge is 0.481 e. The van der Waals surface area contributed by atoms with Crippen LogP contribution in [0.4, 0.5) is 4.79 Å². The highest BCUT2D eigenvalue weighted by Gasteiger charge is 2.23. The van der Waals surface area contributed by atoms with Crippen molar-refractivity contribution in [2.75, 3.05) is 18.6 Å². The molecule has 0 saturated heterocycles. The fourth-order valence-corrected chi connectivity index (χ4v) is 1.60. The maximum atomic E-state index is 11.3. The van der Waals surface area contributed by atoms with E-state index >= 15 is 0 Å². The molecule has 0 aromatic carbocycles. The molecule has 0 fully saturated rings. The van der Waals surface area contributed by atoms with Crippen LogP contribution in [0.2, 0.25) is 0 Å². The standard InChI is InChI=1S/C9H18N2O5S/c1-9(2,6-7(12)13)11-8(14)10-4-5-17(3,15)16/h4-6H2,1-3H3,(H,12,13)(H2,10,11,14). The molecule has 0 atom stereocenters. The minimum atomic E-state index is -3.12. The zero-order chi connectivity index (χ0) is 13.7. The number of amides is 2. The van der Waals surface area contributed by atoms with Gasteiger partial charge in [0.15, 0.2) is 0 Å². The van der Waals surface area contributed by atoms with E-state index in [-0.39, 0.29) is 18.7 Å². The van der Waals surface area contributed by atoms with Crippen LogP contribution in [0.3, 0.4) is 0 Å². The van der Waals surface area contributed by atoms with Crippen LogP contribution in [0.5, 0.6) is 0 Å². The highest BCUT2D eigenvalue weighted by Crippen LogP contribution is 2.07. The number of carboxylic acids is 1. The molecule has 2 amide bonds. The number of carbonyl (C=O) groups excluding carboxylic acids is 1. The summed E-state index contributed by atoms with van der Waals surface area (Å²) in [5.41, 5.74) is -0.888. The van der Waals surface area contributed by atoms with Gasteiger partial charge in [0.1, 0.15) is 9.84 Å². The molecular formula is C9H18N2O5S. The van der Waals surface area contributed by atoms with Crippen molar-refractivity contribution in [3.8, 4) is 0 Å². The van der Waals surface area contributed by atoms with Crippen LogP contribution in [-0.2, 0) is 14.6 Å². The van der Waals surface area contributed by atoms with Gasteiger partial charge in [0.2, 0.25) is 0 Å². The Bertz CT molecular complexity index is 388. The fraction of sp³-hybridized carbons (Fsp3) is 0.778. The summed E-state index contributed by atoms with van der Waals surface area (Å²) in [5.74, 6) is -1.17. The van der Waals surface area contributed by atoms with Gasteiger partial charge in [-0.2, -0.15) is 0 Å². The van der Waals surface area contributed by atoms with Crippen molar-refractivity contribution >= 4 is 21.8 Å². The molecule has 0 radical (unpaired) electrons. The Morgan fingerprint density at radius 3 is 2.24 bits per heavy atom. The number of rotatable bonds is 6. The maximum Gasteiger partial charge on any atom is 0.315 e. The van der Waals surface area contributed by atoms with Crippen molar-refractivity contribution in [3.05, 3.63) is 0 Å². The molecule has 0 heterocycles. The Morgan fingerprint density at radius 2 is 1.82 bits per heavy atom. The van der Waals surface area contributed by atoms with E-state index in [0.717, 1.165) is 6.26 Å². The minimum Gasteiger partial charge on any atom is -0.481 e. The molecule has 17 heavy (non-hydrogen) atoms. The summed E-state index contributed by atoms with van der Waals surface area (Å²) in [7, 11) is -3.12. The van der Waals surface area contributed by atoms with E-state index in [4.69, 9.17) is 5.11 Å². The SMILES string of the molecule is CC(C)(CC(=O)O)NC(=O)NCCS(C)(=O)=O. The first kappa shape index (κ1) is 15.7. The zero-order valence-corrected chi connectivity index (χ0v) is 10.9. The summed E-state index contributed by atoms with van der Waals surface area (Å²) in [5, 5.41) is 13.4. The summed E-state index contributed by atoms with van der Waals surface area (Å²) >= 11 is 0. The Hall–Kier alpha value is -1.31. The molecule has 0 aromatic heterocycles. The third-order valence-electron chi connectivity index (χ3n) is 1.80. The Labute approximate surface area is 101 Å². The predicted molar refractivity (Wildman–Crippen MR) is 62.6 cm³/mol. The summed E-state index contributed by atoms with van der Waals surface area (Å²) in [4.78, 5) is 21.8. The number of hydrogen-bond acceptors (Lipinski definition) is 4. The quantitative estimate of drug-likeness (QED) is 0.604. The lowest BCUT2D eigenvalue weighted by Crippen LogP contribution is -2.50. The molecule has 8 heteroatoms. The number of sulfone groups is 1. The van der Waals surface area contributed by atoms with Gasteiger partial charge in [-0.15, -0.1) is 0 Å². The van der Waals surface area contributed by atoms with Gasteiger partial charge in [0.05, 0.1) is 12.2 Å². The molecule has 0 aliphatic carbocycles. The molecule has 0 aliphatic rings. The Balaban J connectivity index is 4.06. The van der Waals surface area contributed by atoms with Crippen LogP contribution in [-0.4, -0.2) is 49.6 Å². The van der Waals surface area contributed by atoms with Gasteiger partial charge < -0.3 is 15.7 Å². The second kappa shape index (κ2) is 5.85. The van der Waals surface area contributed by atoms with Gasteiger partial charge in [-0.1, -0.05) is 0 Å². The van der Waals surface area contributed by atoms with E-state index < -0.39 is 27.4 Å². The second-order valence-electron chi connectivity index (χ2n) is 4.47. The Kier molecular flexibility index (Phi) is 5.40. The monoisotopic (exact) mass is 266 g/mol. The van der Waals surface area contributed by atoms with E-state index in [1.807, 2.05) is 0 Å². The van der Waals surface area contributed by atoms with E-state index in [2.05, 4.69) is 10.6 Å². The molecule has 0 saturated carbocycles. The van der Waals surface area contributed by atoms with Gasteiger partial charge in [0, 0.05) is 18.3 Å². The third kappa shape index (κ3) is 9.61. The molecular weight excluding hydrogens is 248 g/mol. The van der Waals surface area contributed by atoms with Crippen LogP contribution < -0.4 is 10.6 Å². The van der Waals surface area contributed by atoms with Crippen molar-refractivity contribution in [2.45, 2.75) is 25.8 Å². The van der Waals surface area contributed by atoms with Crippen LogP contribution in [0.25, 0.3) is 0 Å². The molecule has 0 spiro atoms. The highest BCUT2D eigenvalue weighted by atomic mass is 32.2. The van der Waals surface area contributed by atoms with Gasteiger partial charge in [-0.3, -0.25) is 4.79 Å².